The molecule has 68 valence electrons. The Morgan fingerprint density at radius 2 is 1.50 bits per heavy atom. The van der Waals surface area contributed by atoms with Gasteiger partial charge < -0.3 is 17.8 Å². The molecule has 0 radical (unpaired) electrons. The Balaban J connectivity index is 0. The van der Waals surface area contributed by atoms with E-state index >= 15 is 0 Å². The van der Waals surface area contributed by atoms with Crippen LogP contribution in [0.2, 0.25) is 6.32 Å². The SMILES string of the molecule is CCN(CC)CC[B-](F)(F)F.[K+]. The molecule has 0 rings (SSSR count). The predicted molar refractivity (Wildman–Crippen MR) is 41.7 cm³/mol. The summed E-state index contributed by atoms with van der Waals surface area (Å²) in [5.74, 6) is 0. The second-order valence-electron chi connectivity index (χ2n) is 2.53. The Labute approximate surface area is 115 Å². The molecule has 0 fully saturated rings. The molecule has 0 saturated carbocycles. The molecule has 0 spiro atoms. The Hall–Kier alpha value is 1.45. The first-order valence-electron chi connectivity index (χ1n) is 3.93. The maximum Gasteiger partial charge on any atom is 1.00 e. The number of hydrogen-bond donors (Lipinski definition) is 0. The molecule has 0 aromatic rings. The van der Waals surface area contributed by atoms with Gasteiger partial charge >= 0.3 is 58.4 Å². The van der Waals surface area contributed by atoms with Gasteiger partial charge in [-0.1, -0.05) is 20.2 Å². The summed E-state index contributed by atoms with van der Waals surface area (Å²) in [6.45, 7) is 0.691. The van der Waals surface area contributed by atoms with E-state index in [0.717, 1.165) is 0 Å². The molecule has 0 atom stereocenters. The van der Waals surface area contributed by atoms with Crippen LogP contribution >= 0.6 is 0 Å². The fourth-order valence-corrected chi connectivity index (χ4v) is 0.869. The molecule has 0 amide bonds. The summed E-state index contributed by atoms with van der Waals surface area (Å²) < 4.78 is 35.2. The number of nitrogens with zero attached hydrogens (tertiary/aromatic N) is 1. The second-order valence-corrected chi connectivity index (χ2v) is 2.53. The molecule has 0 aliphatic rings. The molecule has 1 nitrogen and oxygen atoms in total. The summed E-state index contributed by atoms with van der Waals surface area (Å²) in [4.78, 5) is 1.77. The summed E-state index contributed by atoms with van der Waals surface area (Å²) in [6.07, 6.45) is -0.637. The van der Waals surface area contributed by atoms with Crippen molar-refractivity contribution in [3.63, 3.8) is 0 Å². The fourth-order valence-electron chi connectivity index (χ4n) is 0.869. The number of rotatable bonds is 5. The largest absolute Gasteiger partial charge is 1.00 e. The van der Waals surface area contributed by atoms with E-state index in [1.807, 2.05) is 13.8 Å². The van der Waals surface area contributed by atoms with Gasteiger partial charge in [-0.3, -0.25) is 0 Å². The van der Waals surface area contributed by atoms with Crippen molar-refractivity contribution in [2.45, 2.75) is 20.2 Å². The molecule has 0 aromatic heterocycles. The van der Waals surface area contributed by atoms with Gasteiger partial charge in [0.2, 0.25) is 0 Å². The van der Waals surface area contributed by atoms with E-state index in [1.165, 1.54) is 0 Å². The Bertz CT molecular complexity index is 105. The molecular formula is C6H14BF3KN. The van der Waals surface area contributed by atoms with Crippen LogP contribution in [0.15, 0.2) is 0 Å². The van der Waals surface area contributed by atoms with Crippen LogP contribution in [0.25, 0.3) is 0 Å². The first-order chi connectivity index (χ1) is 4.99. The minimum Gasteiger partial charge on any atom is -0.449 e. The normalized spacial score (nSPS) is 11.5. The van der Waals surface area contributed by atoms with Gasteiger partial charge in [0.25, 0.3) is 0 Å². The van der Waals surface area contributed by atoms with Crippen LogP contribution < -0.4 is 51.4 Å². The van der Waals surface area contributed by atoms with Gasteiger partial charge in [-0.15, -0.1) is 0 Å². The molecule has 6 heteroatoms. The molecule has 0 bridgehead atoms. The monoisotopic (exact) mass is 207 g/mol. The number of hydrogen-bond acceptors (Lipinski definition) is 1. The van der Waals surface area contributed by atoms with E-state index in [0.29, 0.717) is 13.1 Å². The van der Waals surface area contributed by atoms with Crippen molar-refractivity contribution in [2.75, 3.05) is 19.6 Å². The second kappa shape index (κ2) is 7.82. The van der Waals surface area contributed by atoms with Gasteiger partial charge in [-0.2, -0.15) is 0 Å². The number of halogens is 3. The van der Waals surface area contributed by atoms with E-state index in [2.05, 4.69) is 0 Å². The molecule has 0 aliphatic heterocycles. The summed E-state index contributed by atoms with van der Waals surface area (Å²) in [5.41, 5.74) is 0. The Kier molecular flexibility index (Phi) is 10.4. The molecule has 12 heavy (non-hydrogen) atoms. The van der Waals surface area contributed by atoms with Crippen LogP contribution in [0.1, 0.15) is 13.8 Å². The summed E-state index contributed by atoms with van der Waals surface area (Å²) in [5, 5.41) is 0. The fraction of sp³-hybridized carbons (Fsp3) is 1.00. The van der Waals surface area contributed by atoms with E-state index in [-0.39, 0.29) is 57.9 Å². The van der Waals surface area contributed by atoms with Crippen LogP contribution in [-0.4, -0.2) is 31.5 Å². The van der Waals surface area contributed by atoms with Gasteiger partial charge in [-0.05, 0) is 19.6 Å². The third-order valence-corrected chi connectivity index (χ3v) is 1.67. The third kappa shape index (κ3) is 9.54. The van der Waals surface area contributed by atoms with Crippen LogP contribution in [-0.2, 0) is 0 Å². The average molecular weight is 207 g/mol. The molecule has 0 aliphatic carbocycles. The minimum absolute atomic E-state index is 0. The van der Waals surface area contributed by atoms with Crippen molar-refractivity contribution in [1.29, 1.82) is 0 Å². The van der Waals surface area contributed by atoms with Gasteiger partial charge in [0.1, 0.15) is 0 Å². The summed E-state index contributed by atoms with van der Waals surface area (Å²) in [6, 6.07) is 0. The van der Waals surface area contributed by atoms with Crippen molar-refractivity contribution in [3.8, 4) is 0 Å². The Morgan fingerprint density at radius 1 is 1.08 bits per heavy atom. The molecule has 0 N–H and O–H groups in total. The van der Waals surface area contributed by atoms with Gasteiger partial charge in [0.05, 0.1) is 0 Å². The van der Waals surface area contributed by atoms with E-state index in [4.69, 9.17) is 0 Å². The van der Waals surface area contributed by atoms with Crippen LogP contribution in [0.5, 0.6) is 0 Å². The first kappa shape index (κ1) is 15.9. The van der Waals surface area contributed by atoms with Crippen molar-refractivity contribution in [1.82, 2.24) is 4.90 Å². The maximum absolute atomic E-state index is 11.7. The van der Waals surface area contributed by atoms with Gasteiger partial charge in [0.15, 0.2) is 0 Å². The minimum atomic E-state index is -4.59. The topological polar surface area (TPSA) is 3.24 Å². The van der Waals surface area contributed by atoms with Crippen molar-refractivity contribution in [3.05, 3.63) is 0 Å². The quantitative estimate of drug-likeness (QED) is 0.532. The summed E-state index contributed by atoms with van der Waals surface area (Å²) in [7, 11) is 0. The molecule has 0 unspecified atom stereocenters. The molecule has 0 saturated heterocycles. The van der Waals surface area contributed by atoms with Gasteiger partial charge in [-0.25, -0.2) is 0 Å². The summed E-state index contributed by atoms with van der Waals surface area (Å²) >= 11 is 0. The van der Waals surface area contributed by atoms with Crippen molar-refractivity contribution in [2.24, 2.45) is 0 Å². The zero-order valence-electron chi connectivity index (χ0n) is 7.99. The van der Waals surface area contributed by atoms with E-state index in [1.54, 1.807) is 4.90 Å². The smallest absolute Gasteiger partial charge is 0.449 e. The van der Waals surface area contributed by atoms with Crippen LogP contribution in [0, 0.1) is 0 Å². The standard InChI is InChI=1S/C6H14BF3N.K/c1-3-11(4-2)6-5-7(8,9)10;/h3-6H2,1-2H3;/q-1;+1. The average Bonchev–Trinajstić information content (AvgIpc) is 1.88. The molecule has 0 heterocycles. The van der Waals surface area contributed by atoms with E-state index < -0.39 is 13.3 Å². The zero-order valence-corrected chi connectivity index (χ0v) is 11.1. The van der Waals surface area contributed by atoms with Crippen molar-refractivity contribution < 1.29 is 64.3 Å². The molecular weight excluding hydrogens is 193 g/mol. The zero-order chi connectivity index (χ0) is 8.91. The van der Waals surface area contributed by atoms with Crippen LogP contribution in [0.4, 0.5) is 12.9 Å². The first-order valence-corrected chi connectivity index (χ1v) is 3.93. The maximum atomic E-state index is 11.7. The van der Waals surface area contributed by atoms with Crippen molar-refractivity contribution >= 4 is 6.98 Å². The predicted octanol–water partition coefficient (Wildman–Crippen LogP) is -0.820. The third-order valence-electron chi connectivity index (χ3n) is 1.67. The Morgan fingerprint density at radius 3 is 1.75 bits per heavy atom. The van der Waals surface area contributed by atoms with Crippen LogP contribution in [0.3, 0.4) is 0 Å². The van der Waals surface area contributed by atoms with Gasteiger partial charge in [0, 0.05) is 0 Å². The molecule has 0 aromatic carbocycles. The van der Waals surface area contributed by atoms with E-state index in [9.17, 15) is 12.9 Å².